The van der Waals surface area contributed by atoms with Crippen LogP contribution < -0.4 is 11.3 Å². The number of alkyl halides is 1. The third-order valence-corrected chi connectivity index (χ3v) is 2.48. The number of hydrogen-bond acceptors (Lipinski definition) is 3. The van der Waals surface area contributed by atoms with Crippen LogP contribution in [0.4, 0.5) is 5.95 Å². The molecule has 1 aromatic heterocycles. The molecule has 0 saturated heterocycles. The maximum absolute atomic E-state index is 12.0. The molecule has 0 aliphatic carbocycles. The molecule has 0 spiro atoms. The minimum atomic E-state index is -0.0532. The van der Waals surface area contributed by atoms with Gasteiger partial charge in [-0.25, -0.2) is 4.98 Å². The Balaban J connectivity index is 0.00000225. The van der Waals surface area contributed by atoms with E-state index in [4.69, 9.17) is 17.3 Å². The smallest absolute Gasteiger partial charge is 0.258 e. The number of rotatable bonds is 4. The average Bonchev–Trinajstić information content (AvgIpc) is 2.19. The normalized spacial score (nSPS) is 9.94. The Kier molecular flexibility index (Phi) is 6.45. The lowest BCUT2D eigenvalue weighted by Gasteiger charge is -2.11. The van der Waals surface area contributed by atoms with E-state index in [9.17, 15) is 4.79 Å². The van der Waals surface area contributed by atoms with Crippen molar-refractivity contribution in [2.45, 2.75) is 33.2 Å². The molecule has 0 fully saturated rings. The fourth-order valence-corrected chi connectivity index (χ4v) is 1.73. The Morgan fingerprint density at radius 1 is 1.50 bits per heavy atom. The first kappa shape index (κ1) is 15.3. The first-order valence-electron chi connectivity index (χ1n) is 5.03. The van der Waals surface area contributed by atoms with Gasteiger partial charge in [-0.15, -0.1) is 24.0 Å². The summed E-state index contributed by atoms with van der Waals surface area (Å²) in [7, 11) is 0. The standard InChI is InChI=1S/C10H16ClN3O.ClH/c1-3-6-14-9(15)8(4-5-11)7(2)13-10(14)12;/h3-6H2,1-2H3,(H2,12,13);1H. The second-order valence-corrected chi connectivity index (χ2v) is 3.81. The molecule has 0 saturated carbocycles. The predicted molar refractivity (Wildman–Crippen MR) is 69.6 cm³/mol. The minimum absolute atomic E-state index is 0. The maximum atomic E-state index is 12.0. The van der Waals surface area contributed by atoms with Crippen LogP contribution in [0.5, 0.6) is 0 Å². The second-order valence-electron chi connectivity index (χ2n) is 3.43. The van der Waals surface area contributed by atoms with Crippen LogP contribution in [0.25, 0.3) is 0 Å². The van der Waals surface area contributed by atoms with Gasteiger partial charge in [0.25, 0.3) is 5.56 Å². The first-order valence-corrected chi connectivity index (χ1v) is 5.57. The summed E-state index contributed by atoms with van der Waals surface area (Å²) in [6, 6.07) is 0. The first-order chi connectivity index (χ1) is 7.11. The van der Waals surface area contributed by atoms with Crippen molar-refractivity contribution in [2.75, 3.05) is 11.6 Å². The van der Waals surface area contributed by atoms with E-state index in [1.54, 1.807) is 6.92 Å². The molecule has 0 radical (unpaired) electrons. The van der Waals surface area contributed by atoms with E-state index >= 15 is 0 Å². The van der Waals surface area contributed by atoms with Gasteiger partial charge < -0.3 is 5.73 Å². The zero-order chi connectivity index (χ0) is 11.4. The lowest BCUT2D eigenvalue weighted by Crippen LogP contribution is -2.29. The van der Waals surface area contributed by atoms with Crippen LogP contribution in [0.15, 0.2) is 4.79 Å². The zero-order valence-corrected chi connectivity index (χ0v) is 11.1. The van der Waals surface area contributed by atoms with E-state index in [-0.39, 0.29) is 23.9 Å². The van der Waals surface area contributed by atoms with Gasteiger partial charge in [-0.1, -0.05) is 6.92 Å². The third kappa shape index (κ3) is 3.12. The van der Waals surface area contributed by atoms with Crippen molar-refractivity contribution < 1.29 is 0 Å². The molecule has 1 rings (SSSR count). The van der Waals surface area contributed by atoms with Gasteiger partial charge in [0.15, 0.2) is 0 Å². The van der Waals surface area contributed by atoms with Crippen LogP contribution in [0.3, 0.4) is 0 Å². The Morgan fingerprint density at radius 2 is 2.12 bits per heavy atom. The Labute approximate surface area is 106 Å². The molecule has 16 heavy (non-hydrogen) atoms. The van der Waals surface area contributed by atoms with Crippen LogP contribution in [-0.2, 0) is 13.0 Å². The molecule has 0 aliphatic rings. The molecule has 6 heteroatoms. The van der Waals surface area contributed by atoms with Gasteiger partial charge in [-0.05, 0) is 19.8 Å². The summed E-state index contributed by atoms with van der Waals surface area (Å²) in [4.78, 5) is 16.1. The minimum Gasteiger partial charge on any atom is -0.369 e. The summed E-state index contributed by atoms with van der Waals surface area (Å²) in [5.74, 6) is 0.714. The molecule has 0 aliphatic heterocycles. The highest BCUT2D eigenvalue weighted by Gasteiger charge is 2.10. The Morgan fingerprint density at radius 3 is 2.62 bits per heavy atom. The SMILES string of the molecule is CCCn1c(N)nc(C)c(CCCl)c1=O.Cl. The van der Waals surface area contributed by atoms with Gasteiger partial charge in [0.05, 0.1) is 0 Å². The van der Waals surface area contributed by atoms with Crippen LogP contribution >= 0.6 is 24.0 Å². The molecular weight excluding hydrogens is 249 g/mol. The molecule has 2 N–H and O–H groups in total. The number of aromatic nitrogens is 2. The second kappa shape index (κ2) is 6.76. The van der Waals surface area contributed by atoms with Crippen LogP contribution in [-0.4, -0.2) is 15.4 Å². The Bertz CT molecular complexity index is 371. The van der Waals surface area contributed by atoms with Gasteiger partial charge in [0.1, 0.15) is 0 Å². The van der Waals surface area contributed by atoms with Crippen molar-refractivity contribution in [3.63, 3.8) is 0 Å². The zero-order valence-electron chi connectivity index (χ0n) is 9.49. The van der Waals surface area contributed by atoms with E-state index < -0.39 is 0 Å². The topological polar surface area (TPSA) is 60.9 Å². The van der Waals surface area contributed by atoms with E-state index in [0.29, 0.717) is 30.1 Å². The lowest BCUT2D eigenvalue weighted by molar-refractivity contribution is 0.641. The average molecular weight is 266 g/mol. The van der Waals surface area contributed by atoms with Crippen molar-refractivity contribution in [1.29, 1.82) is 0 Å². The molecule has 0 aromatic carbocycles. The van der Waals surface area contributed by atoms with Crippen molar-refractivity contribution in [3.05, 3.63) is 21.6 Å². The largest absolute Gasteiger partial charge is 0.369 e. The van der Waals surface area contributed by atoms with Crippen molar-refractivity contribution >= 4 is 30.0 Å². The van der Waals surface area contributed by atoms with Crippen molar-refractivity contribution in [3.8, 4) is 0 Å². The molecule has 0 bridgehead atoms. The summed E-state index contributed by atoms with van der Waals surface area (Å²) in [6.07, 6.45) is 1.40. The number of nitrogens with zero attached hydrogens (tertiary/aromatic N) is 2. The van der Waals surface area contributed by atoms with Gasteiger partial charge in [-0.2, -0.15) is 0 Å². The van der Waals surface area contributed by atoms with Gasteiger partial charge in [0.2, 0.25) is 5.95 Å². The highest BCUT2D eigenvalue weighted by atomic mass is 35.5. The van der Waals surface area contributed by atoms with Crippen molar-refractivity contribution in [1.82, 2.24) is 9.55 Å². The monoisotopic (exact) mass is 265 g/mol. The van der Waals surface area contributed by atoms with E-state index in [2.05, 4.69) is 4.98 Å². The highest BCUT2D eigenvalue weighted by molar-refractivity contribution is 6.17. The van der Waals surface area contributed by atoms with Crippen LogP contribution in [0.2, 0.25) is 0 Å². The summed E-state index contributed by atoms with van der Waals surface area (Å²) >= 11 is 5.64. The fourth-order valence-electron chi connectivity index (χ4n) is 1.54. The van der Waals surface area contributed by atoms with Gasteiger partial charge >= 0.3 is 0 Å². The summed E-state index contributed by atoms with van der Waals surface area (Å²) < 4.78 is 1.51. The number of nitrogens with two attached hydrogens (primary N) is 1. The number of nitrogen functional groups attached to an aromatic ring is 1. The van der Waals surface area contributed by atoms with E-state index in [0.717, 1.165) is 6.42 Å². The molecule has 92 valence electrons. The van der Waals surface area contributed by atoms with Gasteiger partial charge in [-0.3, -0.25) is 9.36 Å². The third-order valence-electron chi connectivity index (χ3n) is 2.29. The van der Waals surface area contributed by atoms with Crippen LogP contribution in [0, 0.1) is 6.92 Å². The van der Waals surface area contributed by atoms with Crippen molar-refractivity contribution in [2.24, 2.45) is 0 Å². The quantitative estimate of drug-likeness (QED) is 0.844. The summed E-state index contributed by atoms with van der Waals surface area (Å²) in [5, 5.41) is 0. The Hall–Kier alpha value is -0.740. The molecule has 0 unspecified atom stereocenters. The van der Waals surface area contributed by atoms with Crippen LogP contribution in [0.1, 0.15) is 24.6 Å². The van der Waals surface area contributed by atoms with E-state index in [1.165, 1.54) is 4.57 Å². The number of halogens is 2. The number of anilines is 1. The summed E-state index contributed by atoms with van der Waals surface area (Å²) in [6.45, 7) is 4.39. The van der Waals surface area contributed by atoms with E-state index in [1.807, 2.05) is 6.92 Å². The van der Waals surface area contributed by atoms with Gasteiger partial charge in [0, 0.05) is 23.7 Å². The number of aryl methyl sites for hydroxylation is 1. The predicted octanol–water partition coefficient (Wildman–Crippen LogP) is 1.75. The molecule has 0 atom stereocenters. The summed E-state index contributed by atoms with van der Waals surface area (Å²) in [5.41, 5.74) is 7.00. The maximum Gasteiger partial charge on any atom is 0.258 e. The molecule has 0 amide bonds. The highest BCUT2D eigenvalue weighted by Crippen LogP contribution is 2.05. The molecular formula is C10H17Cl2N3O. The molecule has 1 heterocycles. The lowest BCUT2D eigenvalue weighted by atomic mass is 10.2. The number of hydrogen-bond donors (Lipinski definition) is 1. The molecule has 4 nitrogen and oxygen atoms in total. The molecule has 1 aromatic rings. The fraction of sp³-hybridized carbons (Fsp3) is 0.600.